The van der Waals surface area contributed by atoms with Gasteiger partial charge in [0.15, 0.2) is 0 Å². The third-order valence-corrected chi connectivity index (χ3v) is 4.72. The van der Waals surface area contributed by atoms with Crippen LogP contribution in [0, 0.1) is 11.8 Å². The Morgan fingerprint density at radius 2 is 1.45 bits per heavy atom. The molecule has 1 atom stereocenters. The molecule has 3 rings (SSSR count). The van der Waals surface area contributed by atoms with Gasteiger partial charge >= 0.3 is 5.97 Å². The number of ether oxygens (including phenoxy) is 3. The third-order valence-electron chi connectivity index (χ3n) is 4.72. The van der Waals surface area contributed by atoms with Gasteiger partial charge in [0, 0.05) is 0 Å². The summed E-state index contributed by atoms with van der Waals surface area (Å²) in [5.74, 6) is 2.41. The van der Waals surface area contributed by atoms with E-state index in [1.165, 1.54) is 0 Å². The highest BCUT2D eigenvalue weighted by Crippen LogP contribution is 2.26. The van der Waals surface area contributed by atoms with Gasteiger partial charge in [0.05, 0.1) is 13.0 Å². The maximum Gasteiger partial charge on any atom is 0.314 e. The zero-order valence-corrected chi connectivity index (χ0v) is 17.0. The Kier molecular flexibility index (Phi) is 6.90. The molecule has 29 heavy (non-hydrogen) atoms. The number of methoxy groups -OCH3 is 1. The number of rotatable bonds is 8. The van der Waals surface area contributed by atoms with E-state index in [1.807, 2.05) is 68.4 Å². The van der Waals surface area contributed by atoms with Crippen molar-refractivity contribution in [1.82, 2.24) is 0 Å². The van der Waals surface area contributed by atoms with E-state index in [4.69, 9.17) is 14.2 Å². The van der Waals surface area contributed by atoms with Gasteiger partial charge < -0.3 is 14.2 Å². The second kappa shape index (κ2) is 9.78. The molecule has 0 saturated heterocycles. The highest BCUT2D eigenvalue weighted by Gasteiger charge is 2.25. The molecule has 1 unspecified atom stereocenters. The molecule has 3 aromatic carbocycles. The molecule has 0 aliphatic heterocycles. The number of esters is 1. The lowest BCUT2D eigenvalue weighted by molar-refractivity contribution is -0.140. The molecule has 0 fully saturated rings. The van der Waals surface area contributed by atoms with Crippen molar-refractivity contribution in [2.24, 2.45) is 11.8 Å². The Balaban J connectivity index is 1.69. The topological polar surface area (TPSA) is 44.8 Å². The van der Waals surface area contributed by atoms with Crippen LogP contribution in [0.4, 0.5) is 0 Å². The van der Waals surface area contributed by atoms with Crippen LogP contribution in [0.5, 0.6) is 23.0 Å². The standard InChI is InChI=1S/C25H26O4/c1-18(2)24(25(26)29-22-14-12-20(27-3)13-15-22)17-19-8-7-11-23(16-19)28-21-9-5-4-6-10-21/h4-16,18,24H,17H2,1-3H3. The molecule has 0 saturated carbocycles. The Morgan fingerprint density at radius 1 is 0.793 bits per heavy atom. The summed E-state index contributed by atoms with van der Waals surface area (Å²) in [6, 6.07) is 24.5. The van der Waals surface area contributed by atoms with Crippen molar-refractivity contribution in [1.29, 1.82) is 0 Å². The van der Waals surface area contributed by atoms with Crippen molar-refractivity contribution in [3.63, 3.8) is 0 Å². The molecule has 0 radical (unpaired) electrons. The van der Waals surface area contributed by atoms with Crippen molar-refractivity contribution in [2.75, 3.05) is 7.11 Å². The Bertz CT molecular complexity index is 917. The molecule has 0 bridgehead atoms. The van der Waals surface area contributed by atoms with E-state index in [0.717, 1.165) is 22.8 Å². The molecule has 0 spiro atoms. The van der Waals surface area contributed by atoms with E-state index < -0.39 is 0 Å². The molecule has 0 aliphatic rings. The highest BCUT2D eigenvalue weighted by molar-refractivity contribution is 5.75. The minimum Gasteiger partial charge on any atom is -0.497 e. The first kappa shape index (κ1) is 20.5. The highest BCUT2D eigenvalue weighted by atomic mass is 16.5. The van der Waals surface area contributed by atoms with Crippen LogP contribution in [0.1, 0.15) is 19.4 Å². The van der Waals surface area contributed by atoms with Crippen LogP contribution in [0.2, 0.25) is 0 Å². The van der Waals surface area contributed by atoms with E-state index in [9.17, 15) is 4.79 Å². The van der Waals surface area contributed by atoms with Gasteiger partial charge in [0.2, 0.25) is 0 Å². The number of hydrogen-bond acceptors (Lipinski definition) is 4. The maximum atomic E-state index is 12.8. The monoisotopic (exact) mass is 390 g/mol. The van der Waals surface area contributed by atoms with E-state index in [2.05, 4.69) is 0 Å². The van der Waals surface area contributed by atoms with Crippen LogP contribution in [0.25, 0.3) is 0 Å². The van der Waals surface area contributed by atoms with Crippen molar-refractivity contribution in [2.45, 2.75) is 20.3 Å². The summed E-state index contributed by atoms with van der Waals surface area (Å²) in [5, 5.41) is 0. The van der Waals surface area contributed by atoms with Gasteiger partial charge in [-0.05, 0) is 66.4 Å². The lowest BCUT2D eigenvalue weighted by Gasteiger charge is -2.20. The molecule has 0 N–H and O–H groups in total. The molecular weight excluding hydrogens is 364 g/mol. The molecule has 0 heterocycles. The quantitative estimate of drug-likeness (QED) is 0.354. The molecule has 4 heteroatoms. The molecule has 0 aliphatic carbocycles. The minimum absolute atomic E-state index is 0.138. The first-order chi connectivity index (χ1) is 14.0. The zero-order chi connectivity index (χ0) is 20.6. The predicted molar refractivity (Wildman–Crippen MR) is 114 cm³/mol. The number of benzene rings is 3. The van der Waals surface area contributed by atoms with Gasteiger partial charge in [-0.25, -0.2) is 0 Å². The Hall–Kier alpha value is -3.27. The second-order valence-corrected chi connectivity index (χ2v) is 7.21. The second-order valence-electron chi connectivity index (χ2n) is 7.21. The van der Waals surface area contributed by atoms with Crippen LogP contribution in [0.3, 0.4) is 0 Å². The van der Waals surface area contributed by atoms with Crippen LogP contribution >= 0.6 is 0 Å². The molecular formula is C25H26O4. The fraction of sp³-hybridized carbons (Fsp3) is 0.240. The van der Waals surface area contributed by atoms with E-state index >= 15 is 0 Å². The summed E-state index contributed by atoms with van der Waals surface area (Å²) >= 11 is 0. The molecule has 4 nitrogen and oxygen atoms in total. The first-order valence-electron chi connectivity index (χ1n) is 9.72. The molecule has 0 amide bonds. The van der Waals surface area contributed by atoms with Crippen molar-refractivity contribution in [3.05, 3.63) is 84.4 Å². The number of carbonyl (C=O) groups is 1. The summed E-state index contributed by atoms with van der Waals surface area (Å²) in [6.07, 6.45) is 0.582. The van der Waals surface area contributed by atoms with Gasteiger partial charge in [0.1, 0.15) is 23.0 Å². The number of para-hydroxylation sites is 1. The molecule has 3 aromatic rings. The fourth-order valence-corrected chi connectivity index (χ4v) is 3.04. The van der Waals surface area contributed by atoms with Crippen LogP contribution in [-0.4, -0.2) is 13.1 Å². The third kappa shape index (κ3) is 5.85. The summed E-state index contributed by atoms with van der Waals surface area (Å²) in [6.45, 7) is 4.06. The molecule has 150 valence electrons. The SMILES string of the molecule is COc1ccc(OC(=O)C(Cc2cccc(Oc3ccccc3)c2)C(C)C)cc1. The van der Waals surface area contributed by atoms with Gasteiger partial charge in [0.25, 0.3) is 0 Å². The number of carbonyl (C=O) groups excluding carboxylic acids is 1. The Morgan fingerprint density at radius 3 is 2.10 bits per heavy atom. The summed E-state index contributed by atoms with van der Waals surface area (Å²) in [5.41, 5.74) is 1.03. The average Bonchev–Trinajstić information content (AvgIpc) is 2.73. The molecule has 0 aromatic heterocycles. The van der Waals surface area contributed by atoms with Gasteiger partial charge in [-0.2, -0.15) is 0 Å². The van der Waals surface area contributed by atoms with Crippen LogP contribution in [-0.2, 0) is 11.2 Å². The van der Waals surface area contributed by atoms with Crippen molar-refractivity contribution in [3.8, 4) is 23.0 Å². The smallest absolute Gasteiger partial charge is 0.314 e. The predicted octanol–water partition coefficient (Wildman–Crippen LogP) is 5.91. The van der Waals surface area contributed by atoms with Gasteiger partial charge in [-0.15, -0.1) is 0 Å². The zero-order valence-electron chi connectivity index (χ0n) is 17.0. The number of hydrogen-bond donors (Lipinski definition) is 0. The fourth-order valence-electron chi connectivity index (χ4n) is 3.04. The summed E-state index contributed by atoms with van der Waals surface area (Å²) in [4.78, 5) is 12.8. The summed E-state index contributed by atoms with van der Waals surface area (Å²) in [7, 11) is 1.60. The summed E-state index contributed by atoms with van der Waals surface area (Å²) < 4.78 is 16.7. The first-order valence-corrected chi connectivity index (χ1v) is 9.72. The van der Waals surface area contributed by atoms with Crippen molar-refractivity contribution >= 4 is 5.97 Å². The Labute approximate surface area is 172 Å². The van der Waals surface area contributed by atoms with Gasteiger partial charge in [-0.3, -0.25) is 4.79 Å². The van der Waals surface area contributed by atoms with Crippen molar-refractivity contribution < 1.29 is 19.0 Å². The maximum absolute atomic E-state index is 12.8. The lowest BCUT2D eigenvalue weighted by atomic mass is 9.89. The minimum atomic E-state index is -0.260. The van der Waals surface area contributed by atoms with E-state index in [0.29, 0.717) is 12.2 Å². The lowest BCUT2D eigenvalue weighted by Crippen LogP contribution is -2.27. The van der Waals surface area contributed by atoms with Gasteiger partial charge in [-0.1, -0.05) is 44.2 Å². The van der Waals surface area contributed by atoms with Crippen LogP contribution in [0.15, 0.2) is 78.9 Å². The average molecular weight is 390 g/mol. The van der Waals surface area contributed by atoms with E-state index in [1.54, 1.807) is 31.4 Å². The normalized spacial score (nSPS) is 11.7. The largest absolute Gasteiger partial charge is 0.497 e. The van der Waals surface area contributed by atoms with Crippen LogP contribution < -0.4 is 14.2 Å². The van der Waals surface area contributed by atoms with E-state index in [-0.39, 0.29) is 17.8 Å².